The molecule has 0 saturated heterocycles. The van der Waals surface area contributed by atoms with Crippen LogP contribution in [0.3, 0.4) is 0 Å². The van der Waals surface area contributed by atoms with E-state index in [4.69, 9.17) is 9.47 Å². The topological polar surface area (TPSA) is 225 Å². The summed E-state index contributed by atoms with van der Waals surface area (Å²) in [6, 6.07) is 0. The summed E-state index contributed by atoms with van der Waals surface area (Å²) in [5.74, 6) is -1.07. The fourth-order valence-electron chi connectivity index (χ4n) is 4.89. The lowest BCUT2D eigenvalue weighted by molar-refractivity contribution is -0.148. The fraction of sp³-hybridized carbons (Fsp3) is 0.574. The molecule has 0 fully saturated rings. The minimum absolute atomic E-state index is 0.144. The summed E-state index contributed by atoms with van der Waals surface area (Å²) >= 11 is 0. The predicted octanol–water partition coefficient (Wildman–Crippen LogP) is 9.71. The SMILES string of the molecule is CC/C=C\C/C=C\C/C=C\C/C=C\C/C=C\CCCCCC(=O)OCC(O)COP(=O)(O)OCC(O)COP(=O)(O)OCC(O)COC(=O)CCCCC\C=C/C=C\C=C\C=C\CC. The van der Waals surface area contributed by atoms with E-state index in [1.807, 2.05) is 42.5 Å². The van der Waals surface area contributed by atoms with Gasteiger partial charge in [-0.05, 0) is 77.0 Å². The molecule has 15 nitrogen and oxygen atoms in total. The average molecular weight is 943 g/mol. The van der Waals surface area contributed by atoms with E-state index >= 15 is 0 Å². The highest BCUT2D eigenvalue weighted by Gasteiger charge is 2.28. The molecule has 0 aliphatic rings. The predicted molar refractivity (Wildman–Crippen MR) is 251 cm³/mol. The van der Waals surface area contributed by atoms with E-state index in [1.54, 1.807) is 0 Å². The van der Waals surface area contributed by atoms with Crippen LogP contribution < -0.4 is 0 Å². The van der Waals surface area contributed by atoms with E-state index in [9.17, 15) is 43.8 Å². The standard InChI is InChI=1S/C47H76O15P2/c1-3-5-7-9-11-13-15-17-18-19-20-21-22-24-26-28-30-32-34-36-47(52)58-38-44(49)40-60-64(55,56)62-42-45(50)41-61-63(53,54)59-39-43(48)37-57-46(51)35-33-31-29-27-25-23-16-14-12-10-8-6-4-2/h5-8,10-14,16-18,20-21,23-26,43-45,48-50H,3-4,9,15,19,22,27-42H2,1-2H3,(H,53,54)(H,55,56)/b7-5-,8-6+,12-10+,13-11-,16-14-,18-17-,21-20-,25-23-,26-24-. The Morgan fingerprint density at radius 2 is 0.750 bits per heavy atom. The second kappa shape index (κ2) is 42.3. The van der Waals surface area contributed by atoms with E-state index in [1.165, 1.54) is 0 Å². The average Bonchev–Trinajstić information content (AvgIpc) is 3.27. The number of carbonyl (C=O) groups is 2. The number of carbonyl (C=O) groups excluding carboxylic acids is 2. The van der Waals surface area contributed by atoms with Gasteiger partial charge in [0.05, 0.1) is 26.4 Å². The van der Waals surface area contributed by atoms with Gasteiger partial charge in [0.2, 0.25) is 0 Å². The van der Waals surface area contributed by atoms with Crippen LogP contribution in [-0.2, 0) is 46.3 Å². The molecule has 364 valence electrons. The Balaban J connectivity index is 4.01. The summed E-state index contributed by atoms with van der Waals surface area (Å²) in [5.41, 5.74) is 0. The zero-order valence-corrected chi connectivity index (χ0v) is 39.7. The highest BCUT2D eigenvalue weighted by Crippen LogP contribution is 2.45. The molecule has 0 rings (SSSR count). The van der Waals surface area contributed by atoms with Crippen LogP contribution in [0.5, 0.6) is 0 Å². The lowest BCUT2D eigenvalue weighted by atomic mass is 10.1. The van der Waals surface area contributed by atoms with Gasteiger partial charge in [0, 0.05) is 12.8 Å². The van der Waals surface area contributed by atoms with Crippen molar-refractivity contribution in [1.29, 1.82) is 0 Å². The number of esters is 2. The summed E-state index contributed by atoms with van der Waals surface area (Å²) in [7, 11) is -9.60. The van der Waals surface area contributed by atoms with Gasteiger partial charge in [-0.3, -0.25) is 27.7 Å². The summed E-state index contributed by atoms with van der Waals surface area (Å²) in [6.45, 7) is 0.0225. The van der Waals surface area contributed by atoms with Crippen LogP contribution >= 0.6 is 15.6 Å². The molecule has 0 aromatic rings. The largest absolute Gasteiger partial charge is 0.472 e. The Hall–Kier alpha value is -3.30. The Labute approximate surface area is 381 Å². The lowest BCUT2D eigenvalue weighted by Crippen LogP contribution is -2.25. The molecule has 0 saturated carbocycles. The van der Waals surface area contributed by atoms with Crippen molar-refractivity contribution in [3.63, 3.8) is 0 Å². The fourth-order valence-corrected chi connectivity index (χ4v) is 6.48. The van der Waals surface area contributed by atoms with Crippen molar-refractivity contribution >= 4 is 27.6 Å². The summed E-state index contributed by atoms with van der Waals surface area (Å²) in [4.78, 5) is 43.6. The Morgan fingerprint density at radius 3 is 1.16 bits per heavy atom. The Morgan fingerprint density at radius 1 is 0.422 bits per heavy atom. The van der Waals surface area contributed by atoms with Crippen LogP contribution in [0.1, 0.15) is 117 Å². The van der Waals surface area contributed by atoms with Crippen LogP contribution in [0.25, 0.3) is 0 Å². The van der Waals surface area contributed by atoms with Crippen molar-refractivity contribution in [2.45, 2.75) is 135 Å². The maximum absolute atomic E-state index is 12.1. The molecule has 0 radical (unpaired) electrons. The van der Waals surface area contributed by atoms with Crippen LogP contribution in [0.2, 0.25) is 0 Å². The zero-order valence-electron chi connectivity index (χ0n) is 37.9. The van der Waals surface area contributed by atoms with Crippen molar-refractivity contribution in [2.24, 2.45) is 0 Å². The normalized spacial score (nSPS) is 16.2. The number of ether oxygens (including phenoxy) is 2. The first-order chi connectivity index (χ1) is 30.8. The first-order valence-corrected chi connectivity index (χ1v) is 25.3. The first kappa shape index (κ1) is 60.7. The quantitative estimate of drug-likeness (QED) is 0.0126. The molecule has 0 heterocycles. The van der Waals surface area contributed by atoms with Gasteiger partial charge in [-0.2, -0.15) is 0 Å². The Bertz CT molecular complexity index is 1560. The van der Waals surface area contributed by atoms with Crippen molar-refractivity contribution in [1.82, 2.24) is 0 Å². The maximum Gasteiger partial charge on any atom is 0.472 e. The number of hydrogen-bond acceptors (Lipinski definition) is 13. The van der Waals surface area contributed by atoms with Gasteiger partial charge in [0.25, 0.3) is 0 Å². The third kappa shape index (κ3) is 43.9. The van der Waals surface area contributed by atoms with Crippen LogP contribution in [0, 0.1) is 0 Å². The third-order valence-electron chi connectivity index (χ3n) is 8.32. The summed E-state index contributed by atoms with van der Waals surface area (Å²) < 4.78 is 52.8. The maximum atomic E-state index is 12.1. The molecule has 0 aliphatic heterocycles. The lowest BCUT2D eigenvalue weighted by Gasteiger charge is -2.19. The van der Waals surface area contributed by atoms with E-state index in [0.29, 0.717) is 12.8 Å². The molecular formula is C47H76O15P2. The van der Waals surface area contributed by atoms with Gasteiger partial charge >= 0.3 is 27.6 Å². The molecule has 0 aromatic carbocycles. The molecule has 5 N–H and O–H groups in total. The molecular weight excluding hydrogens is 866 g/mol. The Kier molecular flexibility index (Phi) is 40.2. The van der Waals surface area contributed by atoms with Crippen molar-refractivity contribution in [2.75, 3.05) is 39.6 Å². The molecule has 64 heavy (non-hydrogen) atoms. The molecule has 17 heteroatoms. The van der Waals surface area contributed by atoms with Crippen LogP contribution in [0.4, 0.5) is 0 Å². The van der Waals surface area contributed by atoms with E-state index in [-0.39, 0.29) is 12.8 Å². The number of hydrogen-bond donors (Lipinski definition) is 5. The highest BCUT2D eigenvalue weighted by molar-refractivity contribution is 7.47. The minimum Gasteiger partial charge on any atom is -0.463 e. The molecule has 0 aliphatic carbocycles. The number of allylic oxidation sites excluding steroid dienone is 18. The summed E-state index contributed by atoms with van der Waals surface area (Å²) in [6.07, 6.45) is 45.2. The molecule has 0 spiro atoms. The van der Waals surface area contributed by atoms with Crippen molar-refractivity contribution < 1.29 is 71.4 Å². The molecule has 0 aromatic heterocycles. The monoisotopic (exact) mass is 942 g/mol. The molecule has 5 atom stereocenters. The van der Waals surface area contributed by atoms with E-state index in [2.05, 4.69) is 98.8 Å². The number of aliphatic hydroxyl groups excluding tert-OH is 3. The molecule has 0 amide bonds. The van der Waals surface area contributed by atoms with Gasteiger partial charge in [-0.15, -0.1) is 0 Å². The van der Waals surface area contributed by atoms with Gasteiger partial charge in [-0.1, -0.05) is 136 Å². The number of phosphoric acid groups is 2. The van der Waals surface area contributed by atoms with E-state index in [0.717, 1.165) is 77.0 Å². The van der Waals surface area contributed by atoms with Crippen LogP contribution in [-0.4, -0.2) is 95.0 Å². The molecule has 5 unspecified atom stereocenters. The first-order valence-electron chi connectivity index (χ1n) is 22.3. The van der Waals surface area contributed by atoms with Crippen molar-refractivity contribution in [3.05, 3.63) is 109 Å². The second-order valence-electron chi connectivity index (χ2n) is 14.4. The summed E-state index contributed by atoms with van der Waals surface area (Å²) in [5, 5.41) is 30.0. The smallest absolute Gasteiger partial charge is 0.463 e. The van der Waals surface area contributed by atoms with E-state index < -0.39 is 85.5 Å². The number of unbranched alkanes of at least 4 members (excludes halogenated alkanes) is 6. The van der Waals surface area contributed by atoms with Gasteiger partial charge in [-0.25, -0.2) is 9.13 Å². The number of rotatable bonds is 41. The second-order valence-corrected chi connectivity index (χ2v) is 17.3. The number of aliphatic hydroxyl groups is 3. The van der Waals surface area contributed by atoms with Gasteiger partial charge in [0.15, 0.2) is 0 Å². The van der Waals surface area contributed by atoms with Crippen molar-refractivity contribution in [3.8, 4) is 0 Å². The van der Waals surface area contributed by atoms with Gasteiger partial charge < -0.3 is 34.6 Å². The van der Waals surface area contributed by atoms with Crippen LogP contribution in [0.15, 0.2) is 109 Å². The highest BCUT2D eigenvalue weighted by atomic mass is 31.2. The number of phosphoric ester groups is 2. The van der Waals surface area contributed by atoms with Gasteiger partial charge in [0.1, 0.15) is 31.5 Å². The zero-order chi connectivity index (χ0) is 47.4. The minimum atomic E-state index is -4.80. The molecule has 0 bridgehead atoms. The third-order valence-corrected chi connectivity index (χ3v) is 10.2.